The number of carbonyl (C=O) groups is 1. The van der Waals surface area contributed by atoms with E-state index in [1.807, 2.05) is 6.07 Å². The summed E-state index contributed by atoms with van der Waals surface area (Å²) in [4.78, 5) is 11.4. The Morgan fingerprint density at radius 2 is 2.13 bits per heavy atom. The SMILES string of the molecule is CCC(=O)c1cc(C#N)cc(B(O)O)c1. The van der Waals surface area contributed by atoms with Crippen molar-refractivity contribution in [3.63, 3.8) is 0 Å². The summed E-state index contributed by atoms with van der Waals surface area (Å²) in [5, 5.41) is 26.6. The average molecular weight is 203 g/mol. The fraction of sp³-hybridized carbons (Fsp3) is 0.200. The molecule has 0 radical (unpaired) electrons. The van der Waals surface area contributed by atoms with Crippen LogP contribution in [0.4, 0.5) is 0 Å². The lowest BCUT2D eigenvalue weighted by atomic mass is 9.78. The molecule has 2 N–H and O–H groups in total. The van der Waals surface area contributed by atoms with E-state index in [2.05, 4.69) is 0 Å². The minimum absolute atomic E-state index is 0.131. The molecule has 0 saturated carbocycles. The second-order valence-electron chi connectivity index (χ2n) is 3.11. The van der Waals surface area contributed by atoms with Gasteiger partial charge >= 0.3 is 7.12 Å². The van der Waals surface area contributed by atoms with E-state index in [1.165, 1.54) is 18.2 Å². The van der Waals surface area contributed by atoms with Gasteiger partial charge in [0.15, 0.2) is 5.78 Å². The maximum atomic E-state index is 11.4. The van der Waals surface area contributed by atoms with Crippen LogP contribution in [0.15, 0.2) is 18.2 Å². The minimum atomic E-state index is -1.67. The van der Waals surface area contributed by atoms with Gasteiger partial charge < -0.3 is 10.0 Å². The lowest BCUT2D eigenvalue weighted by molar-refractivity contribution is 0.0988. The van der Waals surface area contributed by atoms with Gasteiger partial charge in [0.05, 0.1) is 11.6 Å². The molecule has 0 aromatic heterocycles. The highest BCUT2D eigenvalue weighted by atomic mass is 16.4. The van der Waals surface area contributed by atoms with Crippen LogP contribution in [-0.2, 0) is 0 Å². The third-order valence-electron chi connectivity index (χ3n) is 2.03. The van der Waals surface area contributed by atoms with Crippen LogP contribution in [0.1, 0.15) is 29.3 Å². The first-order valence-corrected chi connectivity index (χ1v) is 4.53. The predicted molar refractivity (Wildman–Crippen MR) is 55.6 cm³/mol. The van der Waals surface area contributed by atoms with E-state index < -0.39 is 7.12 Å². The number of nitrogens with zero attached hydrogens (tertiary/aromatic N) is 1. The summed E-state index contributed by atoms with van der Waals surface area (Å²) in [5.41, 5.74) is 0.739. The van der Waals surface area contributed by atoms with Crippen LogP contribution in [0, 0.1) is 11.3 Å². The third-order valence-corrected chi connectivity index (χ3v) is 2.03. The molecular formula is C10H10BNO3. The van der Waals surface area contributed by atoms with Gasteiger partial charge in [0.1, 0.15) is 0 Å². The summed E-state index contributed by atoms with van der Waals surface area (Å²) in [5.74, 6) is -0.131. The molecule has 0 atom stereocenters. The summed E-state index contributed by atoms with van der Waals surface area (Å²) in [6, 6.07) is 6.04. The molecule has 1 rings (SSSR count). The highest BCUT2D eigenvalue weighted by Crippen LogP contribution is 2.05. The van der Waals surface area contributed by atoms with Crippen molar-refractivity contribution in [3.8, 4) is 6.07 Å². The van der Waals surface area contributed by atoms with Crippen molar-refractivity contribution in [1.82, 2.24) is 0 Å². The van der Waals surface area contributed by atoms with Crippen LogP contribution in [0.3, 0.4) is 0 Å². The van der Waals surface area contributed by atoms with Gasteiger partial charge in [-0.15, -0.1) is 0 Å². The van der Waals surface area contributed by atoms with E-state index in [4.69, 9.17) is 15.3 Å². The van der Waals surface area contributed by atoms with Gasteiger partial charge in [0, 0.05) is 12.0 Å². The molecule has 76 valence electrons. The Balaban J connectivity index is 3.24. The van der Waals surface area contributed by atoms with Gasteiger partial charge in [-0.1, -0.05) is 13.0 Å². The second-order valence-corrected chi connectivity index (χ2v) is 3.11. The van der Waals surface area contributed by atoms with Crippen LogP contribution in [-0.4, -0.2) is 22.9 Å². The number of Topliss-reactive ketones (excluding diaryl/α,β-unsaturated/α-hetero) is 1. The first kappa shape index (κ1) is 11.4. The van der Waals surface area contributed by atoms with Gasteiger partial charge in [-0.05, 0) is 17.6 Å². The number of hydrogen-bond acceptors (Lipinski definition) is 4. The Bertz CT molecular complexity index is 423. The van der Waals surface area contributed by atoms with Crippen molar-refractivity contribution in [2.24, 2.45) is 0 Å². The molecule has 0 saturated heterocycles. The molecule has 0 aliphatic heterocycles. The summed E-state index contributed by atoms with van der Waals surface area (Å²) in [6.45, 7) is 1.70. The van der Waals surface area contributed by atoms with Crippen molar-refractivity contribution in [1.29, 1.82) is 5.26 Å². The molecule has 1 aromatic carbocycles. The van der Waals surface area contributed by atoms with E-state index in [9.17, 15) is 4.79 Å². The fourth-order valence-electron chi connectivity index (χ4n) is 1.23. The Morgan fingerprint density at radius 1 is 1.47 bits per heavy atom. The maximum absolute atomic E-state index is 11.4. The first-order valence-electron chi connectivity index (χ1n) is 4.53. The normalized spacial score (nSPS) is 9.47. The molecule has 0 spiro atoms. The van der Waals surface area contributed by atoms with Crippen molar-refractivity contribution < 1.29 is 14.8 Å². The predicted octanol–water partition coefficient (Wildman–Crippen LogP) is -0.169. The van der Waals surface area contributed by atoms with E-state index >= 15 is 0 Å². The van der Waals surface area contributed by atoms with Gasteiger partial charge in [-0.3, -0.25) is 4.79 Å². The lowest BCUT2D eigenvalue weighted by Gasteiger charge is -2.03. The topological polar surface area (TPSA) is 81.3 Å². The van der Waals surface area contributed by atoms with Gasteiger partial charge in [0.2, 0.25) is 0 Å². The Labute approximate surface area is 87.9 Å². The van der Waals surface area contributed by atoms with Crippen LogP contribution in [0.5, 0.6) is 0 Å². The van der Waals surface area contributed by atoms with Crippen LogP contribution >= 0.6 is 0 Å². The summed E-state index contributed by atoms with van der Waals surface area (Å²) in [6.07, 6.45) is 0.315. The quantitative estimate of drug-likeness (QED) is 0.527. The molecular weight excluding hydrogens is 193 g/mol. The highest BCUT2D eigenvalue weighted by molar-refractivity contribution is 6.58. The molecule has 0 amide bonds. The molecule has 15 heavy (non-hydrogen) atoms. The average Bonchev–Trinajstić information content (AvgIpc) is 2.27. The van der Waals surface area contributed by atoms with Crippen molar-refractivity contribution in [3.05, 3.63) is 29.3 Å². The summed E-state index contributed by atoms with van der Waals surface area (Å²) in [7, 11) is -1.67. The molecule has 0 unspecified atom stereocenters. The zero-order valence-corrected chi connectivity index (χ0v) is 8.27. The Kier molecular flexibility index (Phi) is 3.61. The number of benzene rings is 1. The molecule has 0 aliphatic rings. The Morgan fingerprint density at radius 3 is 2.60 bits per heavy atom. The molecule has 0 bridgehead atoms. The highest BCUT2D eigenvalue weighted by Gasteiger charge is 2.15. The van der Waals surface area contributed by atoms with Crippen molar-refractivity contribution >= 4 is 18.4 Å². The summed E-state index contributed by atoms with van der Waals surface area (Å²) >= 11 is 0. The zero-order valence-electron chi connectivity index (χ0n) is 8.27. The van der Waals surface area contributed by atoms with Crippen LogP contribution < -0.4 is 5.46 Å². The number of ketones is 1. The van der Waals surface area contributed by atoms with Crippen LogP contribution in [0.25, 0.3) is 0 Å². The standard InChI is InChI=1S/C10H10BNO3/c1-2-10(13)8-3-7(6-12)4-9(5-8)11(14)15/h3-5,14-15H,2H2,1H3. The van der Waals surface area contributed by atoms with Crippen molar-refractivity contribution in [2.75, 3.05) is 0 Å². The minimum Gasteiger partial charge on any atom is -0.423 e. The lowest BCUT2D eigenvalue weighted by Crippen LogP contribution is -2.30. The van der Waals surface area contributed by atoms with Gasteiger partial charge in [-0.25, -0.2) is 0 Å². The van der Waals surface area contributed by atoms with Gasteiger partial charge in [0.25, 0.3) is 0 Å². The smallest absolute Gasteiger partial charge is 0.423 e. The Hall–Kier alpha value is -1.64. The second kappa shape index (κ2) is 4.74. The molecule has 5 heteroatoms. The van der Waals surface area contributed by atoms with Crippen molar-refractivity contribution in [2.45, 2.75) is 13.3 Å². The molecule has 0 heterocycles. The number of nitriles is 1. The molecule has 0 aliphatic carbocycles. The molecule has 1 aromatic rings. The largest absolute Gasteiger partial charge is 0.488 e. The molecule has 0 fully saturated rings. The number of carbonyl (C=O) groups excluding carboxylic acids is 1. The fourth-order valence-corrected chi connectivity index (χ4v) is 1.23. The monoisotopic (exact) mass is 203 g/mol. The third kappa shape index (κ3) is 2.66. The van der Waals surface area contributed by atoms with E-state index in [-0.39, 0.29) is 16.8 Å². The maximum Gasteiger partial charge on any atom is 0.488 e. The number of hydrogen-bond donors (Lipinski definition) is 2. The van der Waals surface area contributed by atoms with Crippen LogP contribution in [0.2, 0.25) is 0 Å². The number of rotatable bonds is 3. The first-order chi connectivity index (χ1) is 7.08. The summed E-state index contributed by atoms with van der Waals surface area (Å²) < 4.78 is 0. The van der Waals surface area contributed by atoms with E-state index in [0.29, 0.717) is 12.0 Å². The van der Waals surface area contributed by atoms with Gasteiger partial charge in [-0.2, -0.15) is 5.26 Å². The molecule has 4 nitrogen and oxygen atoms in total. The van der Waals surface area contributed by atoms with E-state index in [1.54, 1.807) is 6.92 Å². The zero-order chi connectivity index (χ0) is 11.4. The van der Waals surface area contributed by atoms with E-state index in [0.717, 1.165) is 0 Å².